The molecule has 0 amide bonds. The average Bonchev–Trinajstić information content (AvgIpc) is 2.33. The third kappa shape index (κ3) is 1.49. The number of hydrogen-bond acceptors (Lipinski definition) is 1. The molecule has 0 N–H and O–H groups in total. The van der Waals surface area contributed by atoms with Crippen LogP contribution >= 0.6 is 0 Å². The van der Waals surface area contributed by atoms with E-state index in [2.05, 4.69) is 11.1 Å². The SMILES string of the molecule is [K+].[c-]1ccc2nccn2c1. The van der Waals surface area contributed by atoms with Gasteiger partial charge in [-0.2, -0.15) is 6.07 Å². The van der Waals surface area contributed by atoms with Gasteiger partial charge in [-0.25, -0.2) is 12.1 Å². The van der Waals surface area contributed by atoms with Crippen LogP contribution in [-0.4, -0.2) is 9.38 Å². The van der Waals surface area contributed by atoms with Crippen LogP contribution in [-0.2, 0) is 0 Å². The minimum absolute atomic E-state index is 0. The molecular formula is C7H5KN2. The fraction of sp³-hybridized carbons (Fsp3) is 0. The standard InChI is InChI=1S/C7H5N2.K/c1-2-5-9-6-4-8-7(9)3-1;/h1,3-6H;/q-1;+1. The normalized spacial score (nSPS) is 9.20. The van der Waals surface area contributed by atoms with Crippen molar-refractivity contribution in [2.75, 3.05) is 0 Å². The van der Waals surface area contributed by atoms with Crippen molar-refractivity contribution in [2.24, 2.45) is 0 Å². The van der Waals surface area contributed by atoms with Crippen LogP contribution < -0.4 is 51.4 Å². The van der Waals surface area contributed by atoms with Crippen LogP contribution in [0.25, 0.3) is 5.65 Å². The van der Waals surface area contributed by atoms with Gasteiger partial charge in [-0.1, -0.05) is 6.20 Å². The largest absolute Gasteiger partial charge is 1.00 e. The Morgan fingerprint density at radius 1 is 1.50 bits per heavy atom. The molecule has 44 valence electrons. The molecule has 3 heteroatoms. The number of pyridine rings is 1. The smallest absolute Gasteiger partial charge is 0.341 e. The number of rotatable bonds is 0. The molecular weight excluding hydrogens is 151 g/mol. The van der Waals surface area contributed by atoms with Gasteiger partial charge in [-0.15, -0.1) is 0 Å². The minimum atomic E-state index is 0. The van der Waals surface area contributed by atoms with Gasteiger partial charge >= 0.3 is 51.4 Å². The maximum Gasteiger partial charge on any atom is 1.00 e. The Labute approximate surface area is 102 Å². The molecule has 2 rings (SSSR count). The molecule has 2 heterocycles. The zero-order chi connectivity index (χ0) is 6.10. The molecule has 0 bridgehead atoms. The Morgan fingerprint density at radius 3 is 3.20 bits per heavy atom. The zero-order valence-electron chi connectivity index (χ0n) is 5.78. The van der Waals surface area contributed by atoms with Gasteiger partial charge < -0.3 is 4.40 Å². The molecule has 0 aliphatic heterocycles. The predicted molar refractivity (Wildman–Crippen MR) is 34.0 cm³/mol. The molecule has 0 spiro atoms. The molecule has 0 aliphatic rings. The van der Waals surface area contributed by atoms with E-state index < -0.39 is 0 Å². The summed E-state index contributed by atoms with van der Waals surface area (Å²) in [5.41, 5.74) is 0.966. The third-order valence-corrected chi connectivity index (χ3v) is 1.24. The predicted octanol–water partition coefficient (Wildman–Crippen LogP) is -1.86. The van der Waals surface area contributed by atoms with E-state index >= 15 is 0 Å². The Hall–Kier alpha value is 0.326. The van der Waals surface area contributed by atoms with E-state index in [0.29, 0.717) is 0 Å². The van der Waals surface area contributed by atoms with Gasteiger partial charge in [0.15, 0.2) is 0 Å². The van der Waals surface area contributed by atoms with Gasteiger partial charge in [0.25, 0.3) is 0 Å². The van der Waals surface area contributed by atoms with Gasteiger partial charge in [0, 0.05) is 12.4 Å². The van der Waals surface area contributed by atoms with Crippen LogP contribution in [0.3, 0.4) is 0 Å². The molecule has 0 radical (unpaired) electrons. The number of nitrogens with zero attached hydrogens (tertiary/aromatic N) is 2. The summed E-state index contributed by atoms with van der Waals surface area (Å²) in [5, 5.41) is 0. The topological polar surface area (TPSA) is 17.3 Å². The second-order valence-electron chi connectivity index (χ2n) is 1.82. The zero-order valence-corrected chi connectivity index (χ0v) is 8.90. The van der Waals surface area contributed by atoms with Crippen LogP contribution in [0.1, 0.15) is 0 Å². The van der Waals surface area contributed by atoms with Crippen LogP contribution in [0.4, 0.5) is 0 Å². The van der Waals surface area contributed by atoms with Gasteiger partial charge in [-0.05, 0) is 0 Å². The van der Waals surface area contributed by atoms with E-state index in [1.807, 2.05) is 28.9 Å². The quantitative estimate of drug-likeness (QED) is 0.323. The van der Waals surface area contributed by atoms with Crippen molar-refractivity contribution < 1.29 is 51.4 Å². The van der Waals surface area contributed by atoms with E-state index in [1.165, 1.54) is 0 Å². The molecule has 0 aromatic carbocycles. The van der Waals surface area contributed by atoms with E-state index in [9.17, 15) is 0 Å². The van der Waals surface area contributed by atoms with Gasteiger partial charge in [-0.3, -0.25) is 4.98 Å². The van der Waals surface area contributed by atoms with Crippen molar-refractivity contribution in [1.29, 1.82) is 0 Å². The summed E-state index contributed by atoms with van der Waals surface area (Å²) in [5.74, 6) is 0. The van der Waals surface area contributed by atoms with Crippen LogP contribution in [0.5, 0.6) is 0 Å². The molecule has 10 heavy (non-hydrogen) atoms. The van der Waals surface area contributed by atoms with Gasteiger partial charge in [0.1, 0.15) is 0 Å². The van der Waals surface area contributed by atoms with Crippen LogP contribution in [0.15, 0.2) is 30.7 Å². The van der Waals surface area contributed by atoms with E-state index in [4.69, 9.17) is 0 Å². The van der Waals surface area contributed by atoms with Crippen molar-refractivity contribution in [1.82, 2.24) is 9.38 Å². The summed E-state index contributed by atoms with van der Waals surface area (Å²) in [6.07, 6.45) is 5.51. The average molecular weight is 156 g/mol. The molecule has 2 aromatic heterocycles. The maximum absolute atomic E-state index is 4.06. The summed E-state index contributed by atoms with van der Waals surface area (Å²) in [4.78, 5) is 4.06. The van der Waals surface area contributed by atoms with Gasteiger partial charge in [0.05, 0.1) is 5.65 Å². The molecule has 2 aromatic rings. The number of hydrogen-bond donors (Lipinski definition) is 0. The first-order valence-electron chi connectivity index (χ1n) is 2.75. The number of fused-ring (bicyclic) bond motifs is 1. The Morgan fingerprint density at radius 2 is 2.40 bits per heavy atom. The number of aromatic nitrogens is 2. The van der Waals surface area contributed by atoms with Crippen molar-refractivity contribution in [3.05, 3.63) is 36.8 Å². The van der Waals surface area contributed by atoms with Crippen molar-refractivity contribution in [3.8, 4) is 0 Å². The first-order chi connectivity index (χ1) is 4.47. The molecule has 0 atom stereocenters. The molecule has 0 aliphatic carbocycles. The van der Waals surface area contributed by atoms with Crippen molar-refractivity contribution >= 4 is 5.65 Å². The third-order valence-electron chi connectivity index (χ3n) is 1.24. The first-order valence-corrected chi connectivity index (χ1v) is 2.75. The fourth-order valence-corrected chi connectivity index (χ4v) is 0.809. The summed E-state index contributed by atoms with van der Waals surface area (Å²) >= 11 is 0. The Kier molecular flexibility index (Phi) is 3.07. The second kappa shape index (κ2) is 3.64. The Bertz CT molecular complexity index is 286. The minimum Gasteiger partial charge on any atom is -0.341 e. The van der Waals surface area contributed by atoms with Crippen LogP contribution in [0.2, 0.25) is 0 Å². The molecule has 0 fully saturated rings. The maximum atomic E-state index is 4.06. The van der Waals surface area contributed by atoms with E-state index in [0.717, 1.165) is 5.65 Å². The van der Waals surface area contributed by atoms with E-state index in [-0.39, 0.29) is 51.4 Å². The van der Waals surface area contributed by atoms with Crippen molar-refractivity contribution in [2.45, 2.75) is 0 Å². The van der Waals surface area contributed by atoms with Crippen molar-refractivity contribution in [3.63, 3.8) is 0 Å². The summed E-state index contributed by atoms with van der Waals surface area (Å²) in [7, 11) is 0. The van der Waals surface area contributed by atoms with Crippen LogP contribution in [0, 0.1) is 6.07 Å². The molecule has 0 saturated heterocycles. The fourth-order valence-electron chi connectivity index (χ4n) is 0.809. The molecule has 0 unspecified atom stereocenters. The monoisotopic (exact) mass is 156 g/mol. The first kappa shape index (κ1) is 8.42. The number of imidazole rings is 1. The summed E-state index contributed by atoms with van der Waals surface area (Å²) in [6.45, 7) is 0. The molecule has 0 saturated carbocycles. The summed E-state index contributed by atoms with van der Waals surface area (Å²) in [6, 6.07) is 6.71. The van der Waals surface area contributed by atoms with Gasteiger partial charge in [0.2, 0.25) is 0 Å². The molecule has 2 nitrogen and oxygen atoms in total. The Balaban J connectivity index is 0.000000500. The second-order valence-corrected chi connectivity index (χ2v) is 1.82. The summed E-state index contributed by atoms with van der Waals surface area (Å²) < 4.78 is 1.92. The van der Waals surface area contributed by atoms with E-state index in [1.54, 1.807) is 6.20 Å².